The Morgan fingerprint density at radius 2 is 2.06 bits per heavy atom. The van der Waals surface area contributed by atoms with E-state index in [9.17, 15) is 14.0 Å². The maximum Gasteiger partial charge on any atom is 0.308 e. The summed E-state index contributed by atoms with van der Waals surface area (Å²) in [6, 6.07) is 5.56. The van der Waals surface area contributed by atoms with E-state index in [4.69, 9.17) is 21.4 Å². The van der Waals surface area contributed by atoms with E-state index in [-0.39, 0.29) is 35.1 Å². The standard InChI is InChI=1S/C21H19ClFN5O4/c1-11(21(30)31)8-26-20(29)14-9-24-6-5-16(14)27-19-17(32-2)10-25-18(28-19)13-7-12(22)3-4-15(13)23/h3-7,9-11H,8H2,1-2H3,(H,26,29)(H,30,31)(H,24,25,27,28). The van der Waals surface area contributed by atoms with E-state index in [2.05, 4.69) is 25.6 Å². The number of carboxylic acids is 1. The number of pyridine rings is 1. The maximum absolute atomic E-state index is 14.3. The Hall–Kier alpha value is -3.79. The number of nitrogens with one attached hydrogen (secondary N) is 2. The van der Waals surface area contributed by atoms with Gasteiger partial charge in [-0.15, -0.1) is 0 Å². The number of carbonyl (C=O) groups excluding carboxylic acids is 1. The van der Waals surface area contributed by atoms with E-state index in [1.54, 1.807) is 0 Å². The van der Waals surface area contributed by atoms with Crippen molar-refractivity contribution in [1.29, 1.82) is 0 Å². The van der Waals surface area contributed by atoms with Gasteiger partial charge in [0.25, 0.3) is 5.91 Å². The molecule has 2 aromatic heterocycles. The van der Waals surface area contributed by atoms with Gasteiger partial charge in [0, 0.05) is 24.0 Å². The van der Waals surface area contributed by atoms with Crippen LogP contribution in [0.4, 0.5) is 15.9 Å². The topological polar surface area (TPSA) is 126 Å². The van der Waals surface area contributed by atoms with Crippen LogP contribution in [0, 0.1) is 11.7 Å². The third-order valence-corrected chi connectivity index (χ3v) is 4.69. The number of amides is 1. The fourth-order valence-corrected chi connectivity index (χ4v) is 2.82. The van der Waals surface area contributed by atoms with E-state index in [0.29, 0.717) is 10.7 Å². The summed E-state index contributed by atoms with van der Waals surface area (Å²) < 4.78 is 19.6. The number of rotatable bonds is 8. The first-order valence-corrected chi connectivity index (χ1v) is 9.76. The quantitative estimate of drug-likeness (QED) is 0.467. The molecule has 9 nitrogen and oxygen atoms in total. The van der Waals surface area contributed by atoms with Gasteiger partial charge in [0.05, 0.1) is 36.0 Å². The molecule has 3 aromatic rings. The van der Waals surface area contributed by atoms with Crippen LogP contribution in [-0.2, 0) is 4.79 Å². The van der Waals surface area contributed by atoms with E-state index >= 15 is 0 Å². The van der Waals surface area contributed by atoms with Gasteiger partial charge in [0.1, 0.15) is 5.82 Å². The predicted octanol–water partition coefficient (Wildman–Crippen LogP) is 3.53. The summed E-state index contributed by atoms with van der Waals surface area (Å²) in [5.74, 6) is -2.38. The summed E-state index contributed by atoms with van der Waals surface area (Å²) in [5, 5.41) is 14.8. The minimum Gasteiger partial charge on any atom is -0.491 e. The predicted molar refractivity (Wildman–Crippen MR) is 116 cm³/mol. The van der Waals surface area contributed by atoms with Gasteiger partial charge in [-0.25, -0.2) is 14.4 Å². The average molecular weight is 460 g/mol. The molecule has 32 heavy (non-hydrogen) atoms. The highest BCUT2D eigenvalue weighted by Crippen LogP contribution is 2.30. The van der Waals surface area contributed by atoms with Gasteiger partial charge in [0.2, 0.25) is 0 Å². The summed E-state index contributed by atoms with van der Waals surface area (Å²) in [5.41, 5.74) is 0.579. The molecule has 1 aromatic carbocycles. The third-order valence-electron chi connectivity index (χ3n) is 4.45. The molecule has 166 valence electrons. The lowest BCUT2D eigenvalue weighted by Gasteiger charge is -2.15. The van der Waals surface area contributed by atoms with Gasteiger partial charge in [-0.2, -0.15) is 0 Å². The number of aromatic nitrogens is 3. The molecule has 0 bridgehead atoms. The highest BCUT2D eigenvalue weighted by Gasteiger charge is 2.18. The van der Waals surface area contributed by atoms with Gasteiger partial charge in [-0.1, -0.05) is 18.5 Å². The number of hydrogen-bond acceptors (Lipinski definition) is 7. The Kier molecular flexibility index (Phi) is 7.16. The number of methoxy groups -OCH3 is 1. The molecule has 0 aliphatic rings. The van der Waals surface area contributed by atoms with Gasteiger partial charge in [-0.3, -0.25) is 14.6 Å². The van der Waals surface area contributed by atoms with E-state index < -0.39 is 23.6 Å². The number of halogens is 2. The van der Waals surface area contributed by atoms with Crippen LogP contribution in [0.5, 0.6) is 5.75 Å². The lowest BCUT2D eigenvalue weighted by Crippen LogP contribution is -2.31. The molecule has 0 aliphatic carbocycles. The normalized spacial score (nSPS) is 11.5. The number of nitrogens with zero attached hydrogens (tertiary/aromatic N) is 3. The van der Waals surface area contributed by atoms with Crippen molar-refractivity contribution in [2.75, 3.05) is 19.0 Å². The molecule has 0 fully saturated rings. The monoisotopic (exact) mass is 459 g/mol. The summed E-state index contributed by atoms with van der Waals surface area (Å²) in [7, 11) is 1.41. The Morgan fingerprint density at radius 1 is 1.28 bits per heavy atom. The van der Waals surface area contributed by atoms with Crippen molar-refractivity contribution in [3.63, 3.8) is 0 Å². The summed E-state index contributed by atoms with van der Waals surface area (Å²) >= 11 is 5.97. The molecule has 3 N–H and O–H groups in total. The van der Waals surface area contributed by atoms with Gasteiger partial charge in [0.15, 0.2) is 17.4 Å². The summed E-state index contributed by atoms with van der Waals surface area (Å²) in [4.78, 5) is 36.0. The van der Waals surface area contributed by atoms with Crippen LogP contribution in [0.15, 0.2) is 42.9 Å². The lowest BCUT2D eigenvalue weighted by molar-refractivity contribution is -0.140. The fourth-order valence-electron chi connectivity index (χ4n) is 2.65. The summed E-state index contributed by atoms with van der Waals surface area (Å²) in [6.07, 6.45) is 4.15. The molecule has 1 unspecified atom stereocenters. The molecular weight excluding hydrogens is 441 g/mol. The Morgan fingerprint density at radius 3 is 2.78 bits per heavy atom. The number of ether oxygens (including phenoxy) is 1. The molecule has 1 amide bonds. The SMILES string of the molecule is COc1cnc(-c2cc(Cl)ccc2F)nc1Nc1ccncc1C(=O)NCC(C)C(=O)O. The number of aliphatic carboxylic acids is 1. The second kappa shape index (κ2) is 10.0. The largest absolute Gasteiger partial charge is 0.491 e. The molecule has 0 aliphatic heterocycles. The van der Waals surface area contributed by atoms with Crippen molar-refractivity contribution in [1.82, 2.24) is 20.3 Å². The number of hydrogen-bond donors (Lipinski definition) is 3. The minimum atomic E-state index is -1.03. The zero-order valence-corrected chi connectivity index (χ0v) is 17.9. The first-order chi connectivity index (χ1) is 15.3. The van der Waals surface area contributed by atoms with E-state index in [1.807, 2.05) is 0 Å². The Balaban J connectivity index is 1.93. The first kappa shape index (κ1) is 22.9. The zero-order chi connectivity index (χ0) is 23.3. The maximum atomic E-state index is 14.3. The van der Waals surface area contributed by atoms with Crippen molar-refractivity contribution < 1.29 is 23.8 Å². The molecule has 3 rings (SSSR count). The van der Waals surface area contributed by atoms with Crippen LogP contribution < -0.4 is 15.4 Å². The second-order valence-electron chi connectivity index (χ2n) is 6.73. The van der Waals surface area contributed by atoms with Crippen LogP contribution in [0.1, 0.15) is 17.3 Å². The molecular formula is C21H19ClFN5O4. The van der Waals surface area contributed by atoms with Crippen LogP contribution in [-0.4, -0.2) is 45.6 Å². The van der Waals surface area contributed by atoms with Gasteiger partial charge < -0.3 is 20.5 Å². The second-order valence-corrected chi connectivity index (χ2v) is 7.17. The van der Waals surface area contributed by atoms with Crippen LogP contribution in [0.25, 0.3) is 11.4 Å². The van der Waals surface area contributed by atoms with Crippen molar-refractivity contribution in [3.8, 4) is 17.1 Å². The van der Waals surface area contributed by atoms with Crippen molar-refractivity contribution in [3.05, 3.63) is 59.3 Å². The van der Waals surface area contributed by atoms with Crippen molar-refractivity contribution >= 4 is 35.0 Å². The van der Waals surface area contributed by atoms with Crippen LogP contribution in [0.3, 0.4) is 0 Å². The Bertz CT molecular complexity index is 1160. The lowest BCUT2D eigenvalue weighted by atomic mass is 10.1. The molecule has 1 atom stereocenters. The van der Waals surface area contributed by atoms with Crippen LogP contribution >= 0.6 is 11.6 Å². The van der Waals surface area contributed by atoms with E-state index in [1.165, 1.54) is 56.9 Å². The Labute approximate surface area is 187 Å². The molecule has 0 saturated carbocycles. The molecule has 2 heterocycles. The average Bonchev–Trinajstić information content (AvgIpc) is 2.79. The van der Waals surface area contributed by atoms with E-state index in [0.717, 1.165) is 0 Å². The van der Waals surface area contributed by atoms with Gasteiger partial charge in [-0.05, 0) is 24.3 Å². The molecule has 0 saturated heterocycles. The third kappa shape index (κ3) is 5.27. The first-order valence-electron chi connectivity index (χ1n) is 9.38. The number of benzene rings is 1. The number of carbonyl (C=O) groups is 2. The van der Waals surface area contributed by atoms with Crippen molar-refractivity contribution in [2.24, 2.45) is 5.92 Å². The van der Waals surface area contributed by atoms with Gasteiger partial charge >= 0.3 is 5.97 Å². The highest BCUT2D eigenvalue weighted by molar-refractivity contribution is 6.30. The molecule has 0 spiro atoms. The van der Waals surface area contributed by atoms with Crippen molar-refractivity contribution in [2.45, 2.75) is 6.92 Å². The molecule has 0 radical (unpaired) electrons. The zero-order valence-electron chi connectivity index (χ0n) is 17.1. The number of anilines is 2. The number of carboxylic acid groups (broad SMARTS) is 1. The van der Waals surface area contributed by atoms with Crippen LogP contribution in [0.2, 0.25) is 5.02 Å². The summed E-state index contributed by atoms with van der Waals surface area (Å²) in [6.45, 7) is 1.42. The molecule has 11 heteroatoms. The smallest absolute Gasteiger partial charge is 0.308 e. The fraction of sp³-hybridized carbons (Fsp3) is 0.190. The minimum absolute atomic E-state index is 0.0580. The highest BCUT2D eigenvalue weighted by atomic mass is 35.5.